The first-order valence-electron chi connectivity index (χ1n) is 4.93. The minimum Gasteiger partial charge on any atom is -0.298 e. The smallest absolute Gasteiger partial charge is 0.298 e. The highest BCUT2D eigenvalue weighted by atomic mass is 35.5. The number of alkyl halides is 4. The summed E-state index contributed by atoms with van der Waals surface area (Å²) in [6, 6.07) is 5.91. The number of anilines is 1. The summed E-state index contributed by atoms with van der Waals surface area (Å²) in [6.45, 7) is 0. The number of halogens is 4. The highest BCUT2D eigenvalue weighted by molar-refractivity contribution is 7.13. The molecule has 2 aromatic rings. The molecule has 1 N–H and O–H groups in total. The molecule has 0 amide bonds. The molecule has 0 aliphatic rings. The Bertz CT molecular complexity index is 522. The van der Waals surface area contributed by atoms with E-state index in [1.807, 2.05) is 5.38 Å². The van der Waals surface area contributed by atoms with Crippen molar-refractivity contribution in [3.05, 3.63) is 35.3 Å². The van der Waals surface area contributed by atoms with Gasteiger partial charge in [-0.1, -0.05) is 0 Å². The molecule has 0 saturated carbocycles. The van der Waals surface area contributed by atoms with Crippen molar-refractivity contribution in [3.63, 3.8) is 0 Å². The third-order valence-corrected chi connectivity index (χ3v) is 3.32. The monoisotopic (exact) mass is 292 g/mol. The molecule has 0 bridgehead atoms. The molecule has 18 heavy (non-hydrogen) atoms. The average Bonchev–Trinajstić information content (AvgIpc) is 2.76. The first-order chi connectivity index (χ1) is 8.48. The van der Waals surface area contributed by atoms with E-state index in [4.69, 9.17) is 11.6 Å². The van der Waals surface area contributed by atoms with Crippen molar-refractivity contribution in [1.29, 1.82) is 0 Å². The lowest BCUT2D eigenvalue weighted by molar-refractivity contribution is -0.0999. The van der Waals surface area contributed by atoms with Crippen LogP contribution in [0.4, 0.5) is 18.9 Å². The van der Waals surface area contributed by atoms with E-state index in [0.717, 1.165) is 16.3 Å². The van der Waals surface area contributed by atoms with Crippen molar-refractivity contribution in [1.82, 2.24) is 4.98 Å². The van der Waals surface area contributed by atoms with Crippen molar-refractivity contribution in [2.75, 3.05) is 5.32 Å². The number of benzene rings is 1. The maximum atomic E-state index is 12.1. The number of rotatable bonds is 3. The van der Waals surface area contributed by atoms with Crippen LogP contribution in [-0.4, -0.2) is 11.3 Å². The Morgan fingerprint density at radius 2 is 1.89 bits per heavy atom. The zero-order valence-electron chi connectivity index (χ0n) is 8.96. The number of nitrogens with zero attached hydrogens (tertiary/aromatic N) is 1. The minimum absolute atomic E-state index is 0.000345. The molecule has 0 spiro atoms. The van der Waals surface area contributed by atoms with Gasteiger partial charge < -0.3 is 0 Å². The Labute approximate surface area is 110 Å². The Morgan fingerprint density at radius 1 is 1.22 bits per heavy atom. The van der Waals surface area contributed by atoms with Crippen LogP contribution in [0, 0.1) is 0 Å². The molecule has 0 saturated heterocycles. The van der Waals surface area contributed by atoms with Crippen molar-refractivity contribution in [2.24, 2.45) is 0 Å². The molecule has 0 atom stereocenters. The topological polar surface area (TPSA) is 24.9 Å². The van der Waals surface area contributed by atoms with Gasteiger partial charge in [0.2, 0.25) is 0 Å². The highest BCUT2D eigenvalue weighted by Gasteiger charge is 2.26. The Morgan fingerprint density at radius 3 is 2.39 bits per heavy atom. The molecule has 2 nitrogen and oxygen atoms in total. The maximum Gasteiger partial charge on any atom is 0.482 e. The molecule has 7 heteroatoms. The van der Waals surface area contributed by atoms with Crippen LogP contribution in [0.1, 0.15) is 5.69 Å². The lowest BCUT2D eigenvalue weighted by Crippen LogP contribution is -2.20. The van der Waals surface area contributed by atoms with Crippen LogP contribution >= 0.6 is 22.9 Å². The van der Waals surface area contributed by atoms with E-state index in [0.29, 0.717) is 5.88 Å². The molecule has 1 heterocycles. The lowest BCUT2D eigenvalue weighted by atomic mass is 10.2. The number of hydrogen-bond donors (Lipinski definition) is 1. The van der Waals surface area contributed by atoms with Crippen molar-refractivity contribution in [2.45, 2.75) is 12.2 Å². The zero-order chi connectivity index (χ0) is 13.2. The molecule has 0 unspecified atom stereocenters. The first-order valence-corrected chi connectivity index (χ1v) is 6.35. The second-order valence-electron chi connectivity index (χ2n) is 3.48. The van der Waals surface area contributed by atoms with Crippen LogP contribution in [-0.2, 0) is 5.88 Å². The molecule has 0 aliphatic carbocycles. The van der Waals surface area contributed by atoms with Crippen molar-refractivity contribution >= 4 is 28.6 Å². The summed E-state index contributed by atoms with van der Waals surface area (Å²) < 4.78 is 36.2. The van der Waals surface area contributed by atoms with Crippen LogP contribution in [0.25, 0.3) is 10.6 Å². The fourth-order valence-electron chi connectivity index (χ4n) is 1.36. The molecule has 0 fully saturated rings. The molecule has 1 aromatic heterocycles. The van der Waals surface area contributed by atoms with E-state index in [9.17, 15) is 13.2 Å². The molecule has 0 aliphatic heterocycles. The summed E-state index contributed by atoms with van der Waals surface area (Å²) >= 11 is 7.04. The molecular weight excluding hydrogens is 285 g/mol. The third-order valence-electron chi connectivity index (χ3n) is 2.11. The van der Waals surface area contributed by atoms with Crippen molar-refractivity contribution < 1.29 is 13.2 Å². The normalized spacial score (nSPS) is 11.6. The lowest BCUT2D eigenvalue weighted by Gasteiger charge is -2.09. The number of aromatic nitrogens is 1. The molecule has 0 radical (unpaired) electrons. The van der Waals surface area contributed by atoms with Gasteiger partial charge in [-0.25, -0.2) is 4.98 Å². The van der Waals surface area contributed by atoms with Gasteiger partial charge in [-0.05, 0) is 24.3 Å². The Balaban J connectivity index is 2.17. The van der Waals surface area contributed by atoms with Gasteiger partial charge in [-0.2, -0.15) is 13.2 Å². The van der Waals surface area contributed by atoms with E-state index in [1.54, 1.807) is 12.1 Å². The quantitative estimate of drug-likeness (QED) is 0.666. The highest BCUT2D eigenvalue weighted by Crippen LogP contribution is 2.27. The van der Waals surface area contributed by atoms with Crippen LogP contribution in [0.3, 0.4) is 0 Å². The second-order valence-corrected chi connectivity index (χ2v) is 4.60. The fourth-order valence-corrected chi connectivity index (χ4v) is 2.41. The predicted molar refractivity (Wildman–Crippen MR) is 66.8 cm³/mol. The summed E-state index contributed by atoms with van der Waals surface area (Å²) in [5.41, 5.74) is 1.53. The SMILES string of the molecule is FC(F)(F)Nc1ccc(-c2nc(CCl)cs2)cc1. The van der Waals surface area contributed by atoms with Gasteiger partial charge in [-0.15, -0.1) is 22.9 Å². The summed E-state index contributed by atoms with van der Waals surface area (Å²) in [7, 11) is 0. The minimum atomic E-state index is -4.42. The molecule has 1 aromatic carbocycles. The predicted octanol–water partition coefficient (Wildman–Crippen LogP) is 4.48. The summed E-state index contributed by atoms with van der Waals surface area (Å²) in [5, 5.41) is 4.00. The van der Waals surface area contributed by atoms with Gasteiger partial charge in [0.15, 0.2) is 0 Å². The van der Waals surface area contributed by atoms with Crippen LogP contribution in [0.2, 0.25) is 0 Å². The first kappa shape index (κ1) is 13.2. The van der Waals surface area contributed by atoms with Crippen LogP contribution in [0.15, 0.2) is 29.6 Å². The number of hydrogen-bond acceptors (Lipinski definition) is 3. The fraction of sp³-hybridized carbons (Fsp3) is 0.182. The van der Waals surface area contributed by atoms with Crippen LogP contribution in [0.5, 0.6) is 0 Å². The summed E-state index contributed by atoms with van der Waals surface area (Å²) in [4.78, 5) is 4.25. The Kier molecular flexibility index (Phi) is 3.77. The maximum absolute atomic E-state index is 12.1. The van der Waals surface area contributed by atoms with Gasteiger partial charge in [-0.3, -0.25) is 5.32 Å². The van der Waals surface area contributed by atoms with Crippen molar-refractivity contribution in [3.8, 4) is 10.6 Å². The van der Waals surface area contributed by atoms with E-state index >= 15 is 0 Å². The molecule has 96 valence electrons. The van der Waals surface area contributed by atoms with Gasteiger partial charge in [0.1, 0.15) is 5.01 Å². The molecular formula is C11H8ClF3N2S. The largest absolute Gasteiger partial charge is 0.482 e. The average molecular weight is 293 g/mol. The van der Waals surface area contributed by atoms with Gasteiger partial charge in [0.05, 0.1) is 11.6 Å². The number of nitrogens with one attached hydrogen (secondary N) is 1. The van der Waals surface area contributed by atoms with Gasteiger partial charge in [0, 0.05) is 16.6 Å². The van der Waals surface area contributed by atoms with Gasteiger partial charge >= 0.3 is 6.30 Å². The zero-order valence-corrected chi connectivity index (χ0v) is 10.5. The second kappa shape index (κ2) is 5.16. The number of thiazole rings is 1. The van der Waals surface area contributed by atoms with E-state index in [-0.39, 0.29) is 5.69 Å². The summed E-state index contributed by atoms with van der Waals surface area (Å²) in [6.07, 6.45) is -4.42. The third kappa shape index (κ3) is 3.36. The standard InChI is InChI=1S/C11H8ClF3N2S/c12-5-9-6-18-10(16-9)7-1-3-8(4-2-7)17-11(13,14)15/h1-4,6,17H,5H2. The van der Waals surface area contributed by atoms with Crippen LogP contribution < -0.4 is 5.32 Å². The Hall–Kier alpha value is -1.27. The van der Waals surface area contributed by atoms with Gasteiger partial charge in [0.25, 0.3) is 0 Å². The van der Waals surface area contributed by atoms with E-state index < -0.39 is 6.30 Å². The van der Waals surface area contributed by atoms with E-state index in [1.165, 1.54) is 28.8 Å². The summed E-state index contributed by atoms with van der Waals surface area (Å²) in [5.74, 6) is 0.324. The van der Waals surface area contributed by atoms with E-state index in [2.05, 4.69) is 4.98 Å². The molecule has 2 rings (SSSR count).